The number of ether oxygens (including phenoxy) is 1. The Labute approximate surface area is 174 Å². The molecule has 158 valence electrons. The largest absolute Gasteiger partial charge is 0.379 e. The third kappa shape index (κ3) is 3.55. The van der Waals surface area contributed by atoms with Crippen LogP contribution in [0, 0.1) is 0 Å². The van der Waals surface area contributed by atoms with E-state index in [9.17, 15) is 8.42 Å². The molecule has 2 aliphatic heterocycles. The highest BCUT2D eigenvalue weighted by atomic mass is 32.2. The zero-order chi connectivity index (χ0) is 20.6. The molecule has 4 heterocycles. The van der Waals surface area contributed by atoms with Gasteiger partial charge in [0.15, 0.2) is 0 Å². The number of sulfonamides is 1. The van der Waals surface area contributed by atoms with Crippen LogP contribution < -0.4 is 0 Å². The fourth-order valence-corrected chi connectivity index (χ4v) is 5.63. The minimum absolute atomic E-state index is 0.183. The van der Waals surface area contributed by atoms with Gasteiger partial charge in [-0.25, -0.2) is 8.42 Å². The van der Waals surface area contributed by atoms with E-state index in [0.29, 0.717) is 44.2 Å². The summed E-state index contributed by atoms with van der Waals surface area (Å²) in [5, 5.41) is 8.53. The van der Waals surface area contributed by atoms with Gasteiger partial charge in [0, 0.05) is 36.5 Å². The zero-order valence-corrected chi connectivity index (χ0v) is 17.3. The van der Waals surface area contributed by atoms with Gasteiger partial charge >= 0.3 is 0 Å². The van der Waals surface area contributed by atoms with Gasteiger partial charge in [0.2, 0.25) is 21.7 Å². The lowest BCUT2D eigenvalue weighted by Gasteiger charge is -2.26. The van der Waals surface area contributed by atoms with Crippen LogP contribution in [0.15, 0.2) is 39.9 Å². The Kier molecular flexibility index (Phi) is 5.13. The second-order valence-electron chi connectivity index (χ2n) is 7.50. The molecule has 0 saturated carbocycles. The summed E-state index contributed by atoms with van der Waals surface area (Å²) in [5.74, 6) is 0.725. The van der Waals surface area contributed by atoms with E-state index in [0.717, 1.165) is 31.4 Å². The molecule has 0 radical (unpaired) electrons. The number of fused-ring (bicyclic) bond motifs is 1. The van der Waals surface area contributed by atoms with Crippen LogP contribution >= 0.6 is 0 Å². The Hall–Kier alpha value is -2.56. The molecule has 0 N–H and O–H groups in total. The van der Waals surface area contributed by atoms with Crippen molar-refractivity contribution < 1.29 is 17.7 Å². The van der Waals surface area contributed by atoms with Gasteiger partial charge in [-0.05, 0) is 31.4 Å². The van der Waals surface area contributed by atoms with E-state index in [1.807, 2.05) is 10.9 Å². The third-order valence-corrected chi connectivity index (χ3v) is 7.55. The van der Waals surface area contributed by atoms with Crippen molar-refractivity contribution in [3.8, 4) is 11.4 Å². The van der Waals surface area contributed by atoms with Crippen LogP contribution in [0.3, 0.4) is 0 Å². The van der Waals surface area contributed by atoms with Crippen LogP contribution in [0.2, 0.25) is 0 Å². The van der Waals surface area contributed by atoms with Crippen molar-refractivity contribution >= 4 is 10.0 Å². The maximum absolute atomic E-state index is 13.2. The van der Waals surface area contributed by atoms with Crippen LogP contribution in [0.1, 0.15) is 30.0 Å². The van der Waals surface area contributed by atoms with Gasteiger partial charge in [-0.2, -0.15) is 14.4 Å². The minimum atomic E-state index is -3.68. The molecule has 0 spiro atoms. The molecular formula is C20H23N5O4S. The van der Waals surface area contributed by atoms with Crippen molar-refractivity contribution in [1.82, 2.24) is 24.2 Å². The fraction of sp³-hybridized carbons (Fsp3) is 0.450. The van der Waals surface area contributed by atoms with E-state index >= 15 is 0 Å². The average Bonchev–Trinajstić information content (AvgIpc) is 3.42. The number of hydrogen-bond acceptors (Lipinski definition) is 7. The summed E-state index contributed by atoms with van der Waals surface area (Å²) < 4.78 is 40.6. The van der Waals surface area contributed by atoms with E-state index in [-0.39, 0.29) is 10.7 Å². The molecule has 5 rings (SSSR count). The van der Waals surface area contributed by atoms with E-state index in [1.54, 1.807) is 24.3 Å². The third-order valence-electron chi connectivity index (χ3n) is 5.59. The van der Waals surface area contributed by atoms with Crippen LogP contribution in [-0.2, 0) is 34.1 Å². The van der Waals surface area contributed by atoms with Gasteiger partial charge in [-0.1, -0.05) is 17.3 Å². The molecule has 0 aliphatic carbocycles. The SMILES string of the molecule is O=S(=O)(c1ccccc1-c1noc(Cc2cnn3c2CCCC3)n1)N1CCOCC1. The predicted octanol–water partition coefficient (Wildman–Crippen LogP) is 1.88. The second kappa shape index (κ2) is 7.93. The highest BCUT2D eigenvalue weighted by Crippen LogP contribution is 2.29. The number of rotatable bonds is 5. The highest BCUT2D eigenvalue weighted by Gasteiger charge is 2.30. The first-order chi connectivity index (χ1) is 14.6. The summed E-state index contributed by atoms with van der Waals surface area (Å²) in [6.45, 7) is 2.40. The van der Waals surface area contributed by atoms with Crippen molar-refractivity contribution in [2.75, 3.05) is 26.3 Å². The van der Waals surface area contributed by atoms with Gasteiger partial charge in [0.1, 0.15) is 0 Å². The molecule has 0 amide bonds. The van der Waals surface area contributed by atoms with Crippen LogP contribution in [0.5, 0.6) is 0 Å². The lowest BCUT2D eigenvalue weighted by molar-refractivity contribution is 0.0730. The van der Waals surface area contributed by atoms with E-state index in [4.69, 9.17) is 9.26 Å². The normalized spacial score (nSPS) is 17.7. The number of aromatic nitrogens is 4. The molecule has 9 nitrogen and oxygen atoms in total. The quantitative estimate of drug-likeness (QED) is 0.610. The molecule has 0 bridgehead atoms. The number of morpholine rings is 1. The molecule has 1 aromatic carbocycles. The Morgan fingerprint density at radius 1 is 1.07 bits per heavy atom. The summed E-state index contributed by atoms with van der Waals surface area (Å²) in [5.41, 5.74) is 2.74. The topological polar surface area (TPSA) is 103 Å². The summed E-state index contributed by atoms with van der Waals surface area (Å²) in [6, 6.07) is 6.78. The first kappa shape index (κ1) is 19.4. The van der Waals surface area contributed by atoms with Gasteiger partial charge in [0.05, 0.1) is 30.7 Å². The maximum Gasteiger partial charge on any atom is 0.243 e. The van der Waals surface area contributed by atoms with E-state index < -0.39 is 10.0 Å². The van der Waals surface area contributed by atoms with Crippen molar-refractivity contribution in [1.29, 1.82) is 0 Å². The monoisotopic (exact) mass is 429 g/mol. The maximum atomic E-state index is 13.2. The van der Waals surface area contributed by atoms with Crippen LogP contribution in [-0.4, -0.2) is 58.9 Å². The minimum Gasteiger partial charge on any atom is -0.379 e. The molecule has 10 heteroatoms. The van der Waals surface area contributed by atoms with Crippen LogP contribution in [0.25, 0.3) is 11.4 Å². The molecule has 2 aromatic heterocycles. The zero-order valence-electron chi connectivity index (χ0n) is 16.5. The predicted molar refractivity (Wildman–Crippen MR) is 107 cm³/mol. The second-order valence-corrected chi connectivity index (χ2v) is 9.40. The summed E-state index contributed by atoms with van der Waals surface area (Å²) in [6.07, 6.45) is 5.65. The van der Waals surface area contributed by atoms with Crippen molar-refractivity contribution in [3.63, 3.8) is 0 Å². The van der Waals surface area contributed by atoms with Crippen molar-refractivity contribution in [3.05, 3.63) is 47.6 Å². The Balaban J connectivity index is 1.44. The van der Waals surface area contributed by atoms with Gasteiger partial charge in [-0.3, -0.25) is 4.68 Å². The molecule has 30 heavy (non-hydrogen) atoms. The summed E-state index contributed by atoms with van der Waals surface area (Å²) in [7, 11) is -3.68. The van der Waals surface area contributed by atoms with Crippen molar-refractivity contribution in [2.24, 2.45) is 0 Å². The first-order valence-corrected chi connectivity index (χ1v) is 11.6. The van der Waals surface area contributed by atoms with Gasteiger partial charge in [0.25, 0.3) is 0 Å². The fourth-order valence-electron chi connectivity index (χ4n) is 4.03. The summed E-state index contributed by atoms with van der Waals surface area (Å²) in [4.78, 5) is 4.68. The van der Waals surface area contributed by atoms with E-state index in [1.165, 1.54) is 10.00 Å². The number of benzene rings is 1. The van der Waals surface area contributed by atoms with Crippen molar-refractivity contribution in [2.45, 2.75) is 37.1 Å². The van der Waals surface area contributed by atoms with E-state index in [2.05, 4.69) is 15.2 Å². The van der Waals surface area contributed by atoms with Gasteiger partial charge in [-0.15, -0.1) is 0 Å². The molecule has 0 atom stereocenters. The Morgan fingerprint density at radius 2 is 1.90 bits per heavy atom. The highest BCUT2D eigenvalue weighted by molar-refractivity contribution is 7.89. The lowest BCUT2D eigenvalue weighted by atomic mass is 10.1. The summed E-state index contributed by atoms with van der Waals surface area (Å²) >= 11 is 0. The molecule has 2 aliphatic rings. The standard InChI is InChI=1S/C20H23N5O4S/c26-30(27,24-9-11-28-12-10-24)18-7-2-1-5-16(18)20-22-19(29-23-20)13-15-14-21-25-8-4-3-6-17(15)25/h1-2,5,7,14H,3-4,6,8-13H2. The smallest absolute Gasteiger partial charge is 0.243 e. The Morgan fingerprint density at radius 3 is 2.77 bits per heavy atom. The molecule has 0 unspecified atom stereocenters. The number of hydrogen-bond donors (Lipinski definition) is 0. The lowest BCUT2D eigenvalue weighted by Crippen LogP contribution is -2.40. The van der Waals surface area contributed by atoms with Crippen LogP contribution in [0.4, 0.5) is 0 Å². The Bertz CT molecular complexity index is 1150. The number of nitrogens with zero attached hydrogens (tertiary/aromatic N) is 5. The molecule has 1 saturated heterocycles. The van der Waals surface area contributed by atoms with Gasteiger partial charge < -0.3 is 9.26 Å². The first-order valence-electron chi connectivity index (χ1n) is 10.2. The molecule has 1 fully saturated rings. The molecule has 3 aromatic rings. The average molecular weight is 430 g/mol. The number of aryl methyl sites for hydroxylation is 1. The molecular weight excluding hydrogens is 406 g/mol.